The Bertz CT molecular complexity index is 677. The first kappa shape index (κ1) is 17.5. The van der Waals surface area contributed by atoms with Crippen LogP contribution in [-0.4, -0.2) is 71.7 Å². The maximum atomic E-state index is 12.1. The second-order valence-electron chi connectivity index (χ2n) is 7.37. The van der Waals surface area contributed by atoms with Gasteiger partial charge in [0.2, 0.25) is 0 Å². The van der Waals surface area contributed by atoms with Gasteiger partial charge in [0.15, 0.2) is 0 Å². The summed E-state index contributed by atoms with van der Waals surface area (Å²) in [6.07, 6.45) is 7.13. The van der Waals surface area contributed by atoms with E-state index < -0.39 is 5.60 Å². The molecule has 3 aliphatic rings. The number of rotatable bonds is 2. The Labute approximate surface area is 147 Å². The molecular formula is C18H24N4O3. The molecule has 0 aromatic rings. The topological polar surface area (TPSA) is 74.6 Å². The molecule has 1 saturated heterocycles. The first-order valence-corrected chi connectivity index (χ1v) is 8.57. The summed E-state index contributed by atoms with van der Waals surface area (Å²) in [5, 5.41) is 0. The standard InChI is InChI=1S/C18H24N4O3/c1-18(2,3)25-17(24)22-10-8-21(9-11-22)12-15-19-14-7-5-4-6-13(14)16(23)20-15/h4-7,13H,8-12H2,1-3H3. The van der Waals surface area contributed by atoms with Crippen LogP contribution in [0.2, 0.25) is 0 Å². The van der Waals surface area contributed by atoms with E-state index in [1.807, 2.05) is 45.1 Å². The number of fused-ring (bicyclic) bond motifs is 1. The summed E-state index contributed by atoms with van der Waals surface area (Å²) >= 11 is 0. The van der Waals surface area contributed by atoms with Crippen molar-refractivity contribution in [3.63, 3.8) is 0 Å². The van der Waals surface area contributed by atoms with Crippen LogP contribution >= 0.6 is 0 Å². The van der Waals surface area contributed by atoms with Gasteiger partial charge in [-0.25, -0.2) is 9.79 Å². The Balaban J connectivity index is 1.54. The van der Waals surface area contributed by atoms with Gasteiger partial charge < -0.3 is 9.64 Å². The Morgan fingerprint density at radius 2 is 1.92 bits per heavy atom. The predicted molar refractivity (Wildman–Crippen MR) is 95.9 cm³/mol. The van der Waals surface area contributed by atoms with Crippen LogP contribution in [-0.2, 0) is 9.53 Å². The molecule has 0 saturated carbocycles. The summed E-state index contributed by atoms with van der Waals surface area (Å²) in [5.41, 5.74) is 0.268. The van der Waals surface area contributed by atoms with Crippen molar-refractivity contribution in [3.05, 3.63) is 24.3 Å². The van der Waals surface area contributed by atoms with Crippen molar-refractivity contribution < 1.29 is 14.3 Å². The summed E-state index contributed by atoms with van der Waals surface area (Å²) in [6.45, 7) is 8.70. The zero-order chi connectivity index (χ0) is 18.0. The van der Waals surface area contributed by atoms with E-state index in [0.29, 0.717) is 38.6 Å². The van der Waals surface area contributed by atoms with Crippen molar-refractivity contribution in [2.45, 2.75) is 26.4 Å². The van der Waals surface area contributed by atoms with Gasteiger partial charge in [0.25, 0.3) is 5.91 Å². The van der Waals surface area contributed by atoms with Crippen LogP contribution in [0.1, 0.15) is 20.8 Å². The number of hydrogen-bond acceptors (Lipinski definition) is 5. The highest BCUT2D eigenvalue weighted by Gasteiger charge is 2.29. The fraction of sp³-hybridized carbons (Fsp3) is 0.556. The van der Waals surface area contributed by atoms with E-state index in [-0.39, 0.29) is 17.9 Å². The minimum Gasteiger partial charge on any atom is -0.444 e. The average molecular weight is 344 g/mol. The molecular weight excluding hydrogens is 320 g/mol. The number of hydrogen-bond donors (Lipinski definition) is 0. The van der Waals surface area contributed by atoms with Gasteiger partial charge in [0.05, 0.1) is 12.3 Å². The Kier molecular flexibility index (Phi) is 4.85. The normalized spacial score (nSPS) is 23.9. The summed E-state index contributed by atoms with van der Waals surface area (Å²) in [5.74, 6) is 0.0488. The second kappa shape index (κ2) is 6.92. The van der Waals surface area contributed by atoms with Gasteiger partial charge >= 0.3 is 6.09 Å². The molecule has 2 aliphatic heterocycles. The minimum absolute atomic E-state index is 0.159. The molecule has 2 heterocycles. The second-order valence-corrected chi connectivity index (χ2v) is 7.37. The first-order valence-electron chi connectivity index (χ1n) is 8.57. The number of nitrogens with zero attached hydrogens (tertiary/aromatic N) is 4. The highest BCUT2D eigenvalue weighted by Crippen LogP contribution is 2.17. The van der Waals surface area contributed by atoms with Crippen molar-refractivity contribution >= 4 is 23.5 Å². The van der Waals surface area contributed by atoms with Crippen LogP contribution < -0.4 is 0 Å². The zero-order valence-electron chi connectivity index (χ0n) is 14.9. The van der Waals surface area contributed by atoms with Crippen LogP contribution in [0.3, 0.4) is 0 Å². The average Bonchev–Trinajstić information content (AvgIpc) is 2.54. The summed E-state index contributed by atoms with van der Waals surface area (Å²) in [4.78, 5) is 36.7. The molecule has 1 fully saturated rings. The van der Waals surface area contributed by atoms with Gasteiger partial charge in [-0.15, -0.1) is 0 Å². The van der Waals surface area contributed by atoms with E-state index in [0.717, 1.165) is 5.71 Å². The molecule has 7 heteroatoms. The van der Waals surface area contributed by atoms with Crippen LogP contribution in [0, 0.1) is 5.92 Å². The monoisotopic (exact) mass is 344 g/mol. The predicted octanol–water partition coefficient (Wildman–Crippen LogP) is 1.66. The number of carbonyl (C=O) groups is 2. The van der Waals surface area contributed by atoms with Crippen LogP contribution in [0.25, 0.3) is 0 Å². The Morgan fingerprint density at radius 3 is 2.60 bits per heavy atom. The molecule has 0 N–H and O–H groups in total. The van der Waals surface area contributed by atoms with Gasteiger partial charge in [-0.2, -0.15) is 4.99 Å². The van der Waals surface area contributed by atoms with Crippen molar-refractivity contribution in [2.75, 3.05) is 32.7 Å². The molecule has 7 nitrogen and oxygen atoms in total. The van der Waals surface area contributed by atoms with Crippen molar-refractivity contribution in [1.82, 2.24) is 9.80 Å². The molecule has 1 unspecified atom stereocenters. The Morgan fingerprint density at radius 1 is 1.20 bits per heavy atom. The van der Waals surface area contributed by atoms with Gasteiger partial charge in [-0.1, -0.05) is 18.2 Å². The van der Waals surface area contributed by atoms with E-state index >= 15 is 0 Å². The number of carbonyl (C=O) groups excluding carboxylic acids is 2. The lowest BCUT2D eigenvalue weighted by Gasteiger charge is -2.35. The molecule has 0 aromatic heterocycles. The van der Waals surface area contributed by atoms with E-state index in [1.54, 1.807) is 4.90 Å². The van der Waals surface area contributed by atoms with Crippen molar-refractivity contribution in [2.24, 2.45) is 15.9 Å². The number of amidine groups is 1. The largest absolute Gasteiger partial charge is 0.444 e. The lowest BCUT2D eigenvalue weighted by atomic mass is 9.96. The molecule has 2 amide bonds. The van der Waals surface area contributed by atoms with Gasteiger partial charge in [0, 0.05) is 26.2 Å². The molecule has 25 heavy (non-hydrogen) atoms. The zero-order valence-corrected chi connectivity index (χ0v) is 14.9. The van der Waals surface area contributed by atoms with Gasteiger partial charge in [-0.3, -0.25) is 9.69 Å². The third kappa shape index (κ3) is 4.42. The molecule has 0 aromatic carbocycles. The quantitative estimate of drug-likeness (QED) is 0.763. The van der Waals surface area contributed by atoms with E-state index in [4.69, 9.17) is 4.74 Å². The maximum Gasteiger partial charge on any atom is 0.410 e. The van der Waals surface area contributed by atoms with Gasteiger partial charge in [-0.05, 0) is 26.8 Å². The minimum atomic E-state index is -0.486. The summed E-state index contributed by atoms with van der Waals surface area (Å²) in [6, 6.07) is 0. The molecule has 3 rings (SSSR count). The SMILES string of the molecule is CC(C)(C)OC(=O)N1CCN(CC2=NC(=O)C3C=CC=CC3=N2)CC1. The van der Waals surface area contributed by atoms with Crippen LogP contribution in [0.15, 0.2) is 34.3 Å². The number of ether oxygens (including phenoxy) is 1. The Hall–Kier alpha value is -2.28. The number of piperazine rings is 1. The lowest BCUT2D eigenvalue weighted by Crippen LogP contribution is -2.51. The first-order chi connectivity index (χ1) is 11.8. The smallest absolute Gasteiger partial charge is 0.410 e. The van der Waals surface area contributed by atoms with E-state index in [1.165, 1.54) is 0 Å². The number of amides is 2. The highest BCUT2D eigenvalue weighted by atomic mass is 16.6. The van der Waals surface area contributed by atoms with Crippen LogP contribution in [0.5, 0.6) is 0 Å². The van der Waals surface area contributed by atoms with E-state index in [2.05, 4.69) is 14.9 Å². The molecule has 0 bridgehead atoms. The van der Waals surface area contributed by atoms with E-state index in [9.17, 15) is 9.59 Å². The molecule has 1 aliphatic carbocycles. The maximum absolute atomic E-state index is 12.1. The number of aliphatic imine (C=N–C) groups is 2. The number of allylic oxidation sites excluding steroid dienone is 3. The summed E-state index contributed by atoms with van der Waals surface area (Å²) < 4.78 is 5.40. The molecule has 1 atom stereocenters. The van der Waals surface area contributed by atoms with Crippen LogP contribution in [0.4, 0.5) is 4.79 Å². The highest BCUT2D eigenvalue weighted by molar-refractivity contribution is 6.21. The van der Waals surface area contributed by atoms with Gasteiger partial charge in [0.1, 0.15) is 17.4 Å². The third-order valence-electron chi connectivity index (χ3n) is 4.15. The fourth-order valence-electron chi connectivity index (χ4n) is 2.90. The summed E-state index contributed by atoms with van der Waals surface area (Å²) in [7, 11) is 0. The van der Waals surface area contributed by atoms with Crippen molar-refractivity contribution in [3.8, 4) is 0 Å². The molecule has 0 radical (unpaired) electrons. The third-order valence-corrected chi connectivity index (χ3v) is 4.15. The fourth-order valence-corrected chi connectivity index (χ4v) is 2.90. The lowest BCUT2D eigenvalue weighted by molar-refractivity contribution is -0.118. The molecule has 0 spiro atoms. The van der Waals surface area contributed by atoms with Crippen molar-refractivity contribution in [1.29, 1.82) is 0 Å². The molecule has 134 valence electrons.